The Morgan fingerprint density at radius 3 is 2.00 bits per heavy atom. The van der Waals surface area contributed by atoms with Crippen LogP contribution in [-0.2, 0) is 21.0 Å². The van der Waals surface area contributed by atoms with Gasteiger partial charge in [0, 0.05) is 12.7 Å². The molecule has 0 spiro atoms. The Morgan fingerprint density at radius 1 is 1.04 bits per heavy atom. The number of anilines is 1. The Kier molecular flexibility index (Phi) is 6.20. The van der Waals surface area contributed by atoms with Crippen molar-refractivity contribution in [2.24, 2.45) is 0 Å². The van der Waals surface area contributed by atoms with Crippen LogP contribution < -0.4 is 5.32 Å². The van der Waals surface area contributed by atoms with Crippen molar-refractivity contribution in [2.75, 3.05) is 18.9 Å². The molecule has 28 heavy (non-hydrogen) atoms. The average Bonchev–Trinajstić information content (AvgIpc) is 2.57. The van der Waals surface area contributed by atoms with Crippen molar-refractivity contribution in [1.29, 1.82) is 0 Å². The fourth-order valence-electron chi connectivity index (χ4n) is 2.84. The number of halogens is 3. The van der Waals surface area contributed by atoms with E-state index in [0.717, 1.165) is 33.1 Å². The lowest BCUT2D eigenvalue weighted by atomic mass is 10.1. The number of alkyl halides is 3. The SMILES string of the molecule is Cc1cc(C)c(NC(=O)CN(C)S(=O)(=O)c2ccc(C(F)(F)F)cc2)c(C)c1. The molecular formula is C19H21F3N2O3S. The second kappa shape index (κ2) is 7.92. The summed E-state index contributed by atoms with van der Waals surface area (Å²) in [4.78, 5) is 12.0. The maximum Gasteiger partial charge on any atom is 0.416 e. The Morgan fingerprint density at radius 2 is 1.54 bits per heavy atom. The van der Waals surface area contributed by atoms with Gasteiger partial charge in [0.2, 0.25) is 15.9 Å². The summed E-state index contributed by atoms with van der Waals surface area (Å²) in [5.41, 5.74) is 2.39. The van der Waals surface area contributed by atoms with Gasteiger partial charge in [-0.3, -0.25) is 4.79 Å². The largest absolute Gasteiger partial charge is 0.416 e. The van der Waals surface area contributed by atoms with Gasteiger partial charge in [-0.2, -0.15) is 17.5 Å². The number of nitrogens with zero attached hydrogens (tertiary/aromatic N) is 1. The minimum absolute atomic E-state index is 0.321. The highest BCUT2D eigenvalue weighted by Gasteiger charge is 2.31. The van der Waals surface area contributed by atoms with E-state index < -0.39 is 34.2 Å². The molecular weight excluding hydrogens is 393 g/mol. The molecule has 5 nitrogen and oxygen atoms in total. The van der Waals surface area contributed by atoms with Crippen molar-refractivity contribution in [3.63, 3.8) is 0 Å². The molecule has 0 atom stereocenters. The van der Waals surface area contributed by atoms with Crippen LogP contribution in [0.1, 0.15) is 22.3 Å². The molecule has 2 rings (SSSR count). The molecule has 0 radical (unpaired) electrons. The van der Waals surface area contributed by atoms with Crippen molar-refractivity contribution in [3.05, 3.63) is 58.7 Å². The van der Waals surface area contributed by atoms with Crippen molar-refractivity contribution < 1.29 is 26.4 Å². The molecule has 0 fully saturated rings. The van der Waals surface area contributed by atoms with Crippen LogP contribution in [-0.4, -0.2) is 32.2 Å². The highest BCUT2D eigenvalue weighted by Crippen LogP contribution is 2.30. The first-order chi connectivity index (χ1) is 12.8. The van der Waals surface area contributed by atoms with E-state index in [1.165, 1.54) is 7.05 Å². The van der Waals surface area contributed by atoms with Crippen LogP contribution in [0.2, 0.25) is 0 Å². The molecule has 0 bridgehead atoms. The number of carbonyl (C=O) groups excluding carboxylic acids is 1. The molecule has 0 aliphatic carbocycles. The normalized spacial score (nSPS) is 12.3. The first kappa shape index (κ1) is 21.9. The van der Waals surface area contributed by atoms with E-state index in [2.05, 4.69) is 5.32 Å². The summed E-state index contributed by atoms with van der Waals surface area (Å²) in [5.74, 6) is -0.548. The molecule has 2 aromatic rings. The van der Waals surface area contributed by atoms with Crippen molar-refractivity contribution in [3.8, 4) is 0 Å². The van der Waals surface area contributed by atoms with Gasteiger partial charge in [-0.25, -0.2) is 8.42 Å². The van der Waals surface area contributed by atoms with Crippen molar-refractivity contribution in [2.45, 2.75) is 31.8 Å². The molecule has 1 N–H and O–H groups in total. The zero-order valence-electron chi connectivity index (χ0n) is 15.9. The van der Waals surface area contributed by atoms with Gasteiger partial charge >= 0.3 is 6.18 Å². The zero-order chi connectivity index (χ0) is 21.3. The molecule has 0 aliphatic rings. The molecule has 9 heteroatoms. The van der Waals surface area contributed by atoms with Crippen molar-refractivity contribution >= 4 is 21.6 Å². The lowest BCUT2D eigenvalue weighted by Crippen LogP contribution is -2.35. The molecule has 0 heterocycles. The first-order valence-corrected chi connectivity index (χ1v) is 9.77. The van der Waals surface area contributed by atoms with E-state index in [4.69, 9.17) is 0 Å². The van der Waals surface area contributed by atoms with Crippen LogP contribution in [0.3, 0.4) is 0 Å². The van der Waals surface area contributed by atoms with Crippen LogP contribution >= 0.6 is 0 Å². The fraction of sp³-hybridized carbons (Fsp3) is 0.316. The van der Waals surface area contributed by atoms with Gasteiger partial charge in [0.1, 0.15) is 0 Å². The predicted octanol–water partition coefficient (Wildman–Crippen LogP) is 3.89. The third kappa shape index (κ3) is 4.90. The third-order valence-electron chi connectivity index (χ3n) is 4.20. The fourth-order valence-corrected chi connectivity index (χ4v) is 3.97. The van der Waals surface area contributed by atoms with E-state index in [9.17, 15) is 26.4 Å². The minimum Gasteiger partial charge on any atom is -0.324 e. The molecule has 152 valence electrons. The number of amides is 1. The number of hydrogen-bond donors (Lipinski definition) is 1. The number of sulfonamides is 1. The molecule has 0 saturated heterocycles. The second-order valence-electron chi connectivity index (χ2n) is 6.61. The third-order valence-corrected chi connectivity index (χ3v) is 6.02. The topological polar surface area (TPSA) is 66.5 Å². The number of hydrogen-bond acceptors (Lipinski definition) is 3. The monoisotopic (exact) mass is 414 g/mol. The summed E-state index contributed by atoms with van der Waals surface area (Å²) in [6.07, 6.45) is -4.56. The van der Waals surface area contributed by atoms with Crippen LogP contribution in [0.25, 0.3) is 0 Å². The summed E-state index contributed by atoms with van der Waals surface area (Å²) in [7, 11) is -2.91. The molecule has 2 aromatic carbocycles. The van der Waals surface area contributed by atoms with Crippen LogP contribution in [0.15, 0.2) is 41.3 Å². The summed E-state index contributed by atoms with van der Waals surface area (Å²) in [5, 5.41) is 2.70. The number of benzene rings is 2. The average molecular weight is 414 g/mol. The standard InChI is InChI=1S/C19H21F3N2O3S/c1-12-9-13(2)18(14(3)10-12)23-17(25)11-24(4)28(26,27)16-7-5-15(6-8-16)19(20,21)22/h5-10H,11H2,1-4H3,(H,23,25). The van der Waals surface area contributed by atoms with Gasteiger partial charge in [0.15, 0.2) is 0 Å². The molecule has 0 aliphatic heterocycles. The van der Waals surface area contributed by atoms with Gasteiger partial charge < -0.3 is 5.32 Å². The number of nitrogens with one attached hydrogen (secondary N) is 1. The Labute approximate surface area is 162 Å². The maximum atomic E-state index is 12.6. The van der Waals surface area contributed by atoms with Crippen LogP contribution in [0.4, 0.5) is 18.9 Å². The van der Waals surface area contributed by atoms with E-state index in [1.54, 1.807) is 0 Å². The summed E-state index contributed by atoms with van der Waals surface area (Å²) >= 11 is 0. The lowest BCUT2D eigenvalue weighted by molar-refractivity contribution is -0.137. The second-order valence-corrected chi connectivity index (χ2v) is 8.65. The van der Waals surface area contributed by atoms with Gasteiger partial charge in [-0.1, -0.05) is 17.7 Å². The number of rotatable bonds is 5. The zero-order valence-corrected chi connectivity index (χ0v) is 16.7. The predicted molar refractivity (Wildman–Crippen MR) is 101 cm³/mol. The smallest absolute Gasteiger partial charge is 0.324 e. The van der Waals surface area contributed by atoms with Gasteiger partial charge in [0.25, 0.3) is 0 Å². The highest BCUT2D eigenvalue weighted by atomic mass is 32.2. The maximum absolute atomic E-state index is 12.6. The van der Waals surface area contributed by atoms with E-state index >= 15 is 0 Å². The van der Waals surface area contributed by atoms with Crippen molar-refractivity contribution in [1.82, 2.24) is 4.31 Å². The van der Waals surface area contributed by atoms with E-state index in [-0.39, 0.29) is 4.90 Å². The van der Waals surface area contributed by atoms with E-state index in [1.807, 2.05) is 32.9 Å². The highest BCUT2D eigenvalue weighted by molar-refractivity contribution is 7.89. The number of likely N-dealkylation sites (N-methyl/N-ethyl adjacent to an activating group) is 1. The molecule has 1 amide bonds. The van der Waals surface area contributed by atoms with E-state index in [0.29, 0.717) is 17.8 Å². The Bertz CT molecular complexity index is 961. The molecule has 0 unspecified atom stereocenters. The summed E-state index contributed by atoms with van der Waals surface area (Å²) in [6, 6.07) is 6.93. The Balaban J connectivity index is 2.15. The van der Waals surface area contributed by atoms with Gasteiger partial charge in [-0.05, 0) is 56.2 Å². The Hall–Kier alpha value is -2.39. The lowest BCUT2D eigenvalue weighted by Gasteiger charge is -2.19. The van der Waals surface area contributed by atoms with Gasteiger partial charge in [-0.15, -0.1) is 0 Å². The minimum atomic E-state index is -4.56. The molecule has 0 aromatic heterocycles. The molecule has 0 saturated carbocycles. The van der Waals surface area contributed by atoms with Gasteiger partial charge in [0.05, 0.1) is 17.0 Å². The van der Waals surface area contributed by atoms with Crippen LogP contribution in [0.5, 0.6) is 0 Å². The summed E-state index contributed by atoms with van der Waals surface area (Å²) in [6.45, 7) is 5.11. The quantitative estimate of drug-likeness (QED) is 0.807. The number of carbonyl (C=O) groups is 1. The summed E-state index contributed by atoms with van der Waals surface area (Å²) < 4.78 is 63.7. The number of aryl methyl sites for hydroxylation is 3. The van der Waals surface area contributed by atoms with Crippen LogP contribution in [0, 0.1) is 20.8 Å². The first-order valence-electron chi connectivity index (χ1n) is 8.33.